The molecule has 0 saturated heterocycles. The maximum absolute atomic E-state index is 12.3. The number of alkyl carbamates (subject to hydrolysis) is 1. The van der Waals surface area contributed by atoms with Crippen molar-refractivity contribution in [3.05, 3.63) is 113 Å². The summed E-state index contributed by atoms with van der Waals surface area (Å²) < 4.78 is 5.35. The molecular weight excluding hydrogens is 426 g/mol. The van der Waals surface area contributed by atoms with Gasteiger partial charge in [0.15, 0.2) is 0 Å². The maximum Gasteiger partial charge on any atom is 0.411 e. The summed E-state index contributed by atoms with van der Waals surface area (Å²) in [6.07, 6.45) is 5.73. The molecule has 3 aromatic carbocycles. The predicted octanol–water partition coefficient (Wildman–Crippen LogP) is 6.07. The Hall–Kier alpha value is -4.12. The van der Waals surface area contributed by atoms with Gasteiger partial charge in [-0.25, -0.2) is 4.79 Å². The van der Waals surface area contributed by atoms with Crippen LogP contribution < -0.4 is 5.32 Å². The third-order valence-electron chi connectivity index (χ3n) is 6.51. The summed E-state index contributed by atoms with van der Waals surface area (Å²) in [7, 11) is 0. The summed E-state index contributed by atoms with van der Waals surface area (Å²) in [6, 6.07) is 25.5. The number of rotatable bonds is 7. The second kappa shape index (κ2) is 9.02. The lowest BCUT2D eigenvalue weighted by atomic mass is 9.93. The SMILES string of the molecule is O=C(NC1=CCC=C1c1ccc(-c2ccc(C3(C(=O)O)CC3)cc2)cc1)OCc1ccccc1. The summed E-state index contributed by atoms with van der Waals surface area (Å²) in [4.78, 5) is 23.8. The van der Waals surface area contributed by atoms with Crippen LogP contribution in [0.5, 0.6) is 0 Å². The molecule has 0 aliphatic heterocycles. The van der Waals surface area contributed by atoms with Crippen LogP contribution in [0.15, 0.2) is 96.7 Å². The summed E-state index contributed by atoms with van der Waals surface area (Å²) in [5.74, 6) is -0.740. The molecule has 2 aliphatic rings. The Kier molecular flexibility index (Phi) is 5.76. The van der Waals surface area contributed by atoms with Gasteiger partial charge in [0.2, 0.25) is 0 Å². The van der Waals surface area contributed by atoms with E-state index in [2.05, 4.69) is 11.4 Å². The molecule has 0 heterocycles. The molecule has 1 fully saturated rings. The number of aliphatic carboxylic acids is 1. The van der Waals surface area contributed by atoms with Crippen LogP contribution in [0.25, 0.3) is 16.7 Å². The maximum atomic E-state index is 12.3. The van der Waals surface area contributed by atoms with Gasteiger partial charge in [-0.15, -0.1) is 0 Å². The Morgan fingerprint density at radius 1 is 0.824 bits per heavy atom. The van der Waals surface area contributed by atoms with Crippen LogP contribution in [0.2, 0.25) is 0 Å². The number of carbonyl (C=O) groups is 2. The van der Waals surface area contributed by atoms with Crippen molar-refractivity contribution in [1.82, 2.24) is 5.32 Å². The normalized spacial score (nSPS) is 15.8. The van der Waals surface area contributed by atoms with Crippen molar-refractivity contribution in [3.8, 4) is 11.1 Å². The molecular formula is C29H25NO4. The molecule has 0 unspecified atom stereocenters. The van der Waals surface area contributed by atoms with Gasteiger partial charge in [-0.05, 0) is 47.1 Å². The van der Waals surface area contributed by atoms with E-state index in [9.17, 15) is 14.7 Å². The molecule has 5 nitrogen and oxygen atoms in total. The second-order valence-electron chi connectivity index (χ2n) is 8.70. The van der Waals surface area contributed by atoms with Gasteiger partial charge in [0, 0.05) is 11.3 Å². The first-order valence-corrected chi connectivity index (χ1v) is 11.4. The third kappa shape index (κ3) is 4.37. The monoisotopic (exact) mass is 451 g/mol. The zero-order valence-electron chi connectivity index (χ0n) is 18.7. The van der Waals surface area contributed by atoms with Gasteiger partial charge < -0.3 is 9.84 Å². The summed E-state index contributed by atoms with van der Waals surface area (Å²) in [5, 5.41) is 12.4. The van der Waals surface area contributed by atoms with Crippen LogP contribution in [0.1, 0.15) is 36.0 Å². The first-order chi connectivity index (χ1) is 16.5. The number of nitrogens with one attached hydrogen (secondary N) is 1. The number of amides is 1. The van der Waals surface area contributed by atoms with E-state index in [0.29, 0.717) is 12.8 Å². The Morgan fingerprint density at radius 2 is 1.44 bits per heavy atom. The van der Waals surface area contributed by atoms with Crippen LogP contribution in [-0.2, 0) is 21.6 Å². The van der Waals surface area contributed by atoms with Crippen LogP contribution in [-0.4, -0.2) is 17.2 Å². The molecule has 3 aromatic rings. The highest BCUT2D eigenvalue weighted by Gasteiger charge is 2.51. The standard InChI is InChI=1S/C29H25NO4/c31-27(32)29(17-18-29)24-15-13-22(14-16-24)21-9-11-23(12-10-21)25-7-4-8-26(25)30-28(33)34-19-20-5-2-1-3-6-20/h1-3,5-16H,4,17-19H2,(H,30,33)(H,31,32). The van der Waals surface area contributed by atoms with E-state index in [0.717, 1.165) is 45.5 Å². The minimum absolute atomic E-state index is 0.222. The molecule has 1 amide bonds. The van der Waals surface area contributed by atoms with E-state index in [1.165, 1.54) is 0 Å². The average molecular weight is 452 g/mol. The molecule has 170 valence electrons. The highest BCUT2D eigenvalue weighted by molar-refractivity contribution is 5.87. The Balaban J connectivity index is 1.23. The van der Waals surface area contributed by atoms with E-state index < -0.39 is 17.5 Å². The molecule has 5 rings (SSSR count). The number of ether oxygens (including phenoxy) is 1. The third-order valence-corrected chi connectivity index (χ3v) is 6.51. The molecule has 0 radical (unpaired) electrons. The van der Waals surface area contributed by atoms with E-state index in [1.807, 2.05) is 84.9 Å². The van der Waals surface area contributed by atoms with Gasteiger partial charge in [0.1, 0.15) is 6.61 Å². The topological polar surface area (TPSA) is 75.6 Å². The van der Waals surface area contributed by atoms with Gasteiger partial charge in [0.05, 0.1) is 5.41 Å². The highest BCUT2D eigenvalue weighted by Crippen LogP contribution is 2.48. The molecule has 0 aromatic heterocycles. The summed E-state index contributed by atoms with van der Waals surface area (Å²) >= 11 is 0. The Bertz CT molecular complexity index is 1270. The number of carboxylic acids is 1. The highest BCUT2D eigenvalue weighted by atomic mass is 16.5. The Morgan fingerprint density at radius 3 is 2.06 bits per heavy atom. The van der Waals surface area contributed by atoms with Crippen LogP contribution in [0.3, 0.4) is 0 Å². The number of hydrogen-bond acceptors (Lipinski definition) is 3. The number of hydrogen-bond donors (Lipinski definition) is 2. The first kappa shape index (κ1) is 21.7. The fraction of sp³-hybridized carbons (Fsp3) is 0.172. The van der Waals surface area contributed by atoms with E-state index in [4.69, 9.17) is 4.74 Å². The number of carboxylic acid groups (broad SMARTS) is 1. The fourth-order valence-corrected chi connectivity index (χ4v) is 4.35. The van der Waals surface area contributed by atoms with E-state index in [-0.39, 0.29) is 6.61 Å². The molecule has 1 saturated carbocycles. The molecule has 0 bridgehead atoms. The summed E-state index contributed by atoms with van der Waals surface area (Å²) in [6.45, 7) is 0.222. The number of carbonyl (C=O) groups excluding carboxylic acids is 1. The van der Waals surface area contributed by atoms with Gasteiger partial charge in [0.25, 0.3) is 0 Å². The van der Waals surface area contributed by atoms with Crippen molar-refractivity contribution in [1.29, 1.82) is 0 Å². The largest absolute Gasteiger partial charge is 0.481 e. The molecule has 2 N–H and O–H groups in total. The van der Waals surface area contributed by atoms with Gasteiger partial charge in [-0.1, -0.05) is 91.0 Å². The van der Waals surface area contributed by atoms with E-state index >= 15 is 0 Å². The zero-order valence-corrected chi connectivity index (χ0v) is 18.7. The van der Waals surface area contributed by atoms with Crippen molar-refractivity contribution in [2.45, 2.75) is 31.3 Å². The van der Waals surface area contributed by atoms with E-state index in [1.54, 1.807) is 0 Å². The lowest BCUT2D eigenvalue weighted by Crippen LogP contribution is -2.23. The minimum atomic E-state index is -0.740. The van der Waals surface area contributed by atoms with Gasteiger partial charge in [-0.3, -0.25) is 10.1 Å². The Labute approximate surface area is 198 Å². The first-order valence-electron chi connectivity index (χ1n) is 11.4. The lowest BCUT2D eigenvalue weighted by Gasteiger charge is -2.13. The van der Waals surface area contributed by atoms with Crippen molar-refractivity contribution in [2.24, 2.45) is 0 Å². The van der Waals surface area contributed by atoms with Crippen molar-refractivity contribution in [3.63, 3.8) is 0 Å². The molecule has 2 aliphatic carbocycles. The van der Waals surface area contributed by atoms with Crippen molar-refractivity contribution < 1.29 is 19.4 Å². The van der Waals surface area contributed by atoms with Crippen LogP contribution >= 0.6 is 0 Å². The zero-order chi connectivity index (χ0) is 23.5. The fourth-order valence-electron chi connectivity index (χ4n) is 4.35. The quantitative estimate of drug-likeness (QED) is 0.457. The smallest absolute Gasteiger partial charge is 0.411 e. The second-order valence-corrected chi connectivity index (χ2v) is 8.70. The number of benzene rings is 3. The van der Waals surface area contributed by atoms with Crippen LogP contribution in [0, 0.1) is 0 Å². The molecule has 5 heteroatoms. The average Bonchev–Trinajstić information content (AvgIpc) is 3.57. The minimum Gasteiger partial charge on any atom is -0.481 e. The van der Waals surface area contributed by atoms with Crippen molar-refractivity contribution >= 4 is 17.6 Å². The predicted molar refractivity (Wildman–Crippen MR) is 131 cm³/mol. The summed E-state index contributed by atoms with van der Waals surface area (Å²) in [5.41, 5.74) is 5.94. The van der Waals surface area contributed by atoms with Gasteiger partial charge in [-0.2, -0.15) is 0 Å². The lowest BCUT2D eigenvalue weighted by molar-refractivity contribution is -0.140. The van der Waals surface area contributed by atoms with Crippen LogP contribution in [0.4, 0.5) is 4.79 Å². The van der Waals surface area contributed by atoms with Gasteiger partial charge >= 0.3 is 12.1 Å². The van der Waals surface area contributed by atoms with Crippen molar-refractivity contribution in [2.75, 3.05) is 0 Å². The number of allylic oxidation sites excluding steroid dienone is 3. The molecule has 34 heavy (non-hydrogen) atoms. The molecule has 0 spiro atoms. The molecule has 0 atom stereocenters.